The summed E-state index contributed by atoms with van der Waals surface area (Å²) in [6, 6.07) is 17.1. The number of anilines is 1. The van der Waals surface area contributed by atoms with Gasteiger partial charge in [0.05, 0.1) is 6.04 Å². The Bertz CT molecular complexity index is 845. The third-order valence-corrected chi connectivity index (χ3v) is 5.39. The molecule has 0 aliphatic carbocycles. The molecule has 0 aliphatic heterocycles. The number of unbranched alkanes of at least 4 members (excludes halogenated alkanes) is 1. The molecule has 4 nitrogen and oxygen atoms in total. The van der Waals surface area contributed by atoms with E-state index in [1.165, 1.54) is 16.7 Å². The standard InChI is InChI=1S/C27H37N3O/c1-5-6-8-19-29-26(21(2)3)27(31)30-20-9-7-10-22-11-13-23(14-12-22)24-15-17-25(28-4)18-16-24/h11-18,21,26,28-29H,7-10,19-20H2,1-4H3,(H,30,31). The average molecular weight is 420 g/mol. The van der Waals surface area contributed by atoms with E-state index in [1.54, 1.807) is 0 Å². The largest absolute Gasteiger partial charge is 0.388 e. The number of rotatable bonds is 12. The van der Waals surface area contributed by atoms with Crippen molar-refractivity contribution in [3.8, 4) is 23.0 Å². The monoisotopic (exact) mass is 419 g/mol. The van der Waals surface area contributed by atoms with Crippen LogP contribution >= 0.6 is 0 Å². The predicted molar refractivity (Wildman–Crippen MR) is 132 cm³/mol. The highest BCUT2D eigenvalue weighted by molar-refractivity contribution is 5.82. The van der Waals surface area contributed by atoms with Crippen molar-refractivity contribution in [2.45, 2.75) is 52.5 Å². The lowest BCUT2D eigenvalue weighted by molar-refractivity contribution is -0.124. The van der Waals surface area contributed by atoms with Crippen LogP contribution in [0, 0.1) is 17.8 Å². The number of carbonyl (C=O) groups excluding carboxylic acids is 1. The van der Waals surface area contributed by atoms with Crippen molar-refractivity contribution in [1.29, 1.82) is 0 Å². The second-order valence-corrected chi connectivity index (χ2v) is 8.12. The third kappa shape index (κ3) is 8.47. The van der Waals surface area contributed by atoms with Gasteiger partial charge in [0.15, 0.2) is 0 Å². The molecule has 31 heavy (non-hydrogen) atoms. The van der Waals surface area contributed by atoms with E-state index < -0.39 is 0 Å². The molecule has 2 aromatic rings. The van der Waals surface area contributed by atoms with Crippen molar-refractivity contribution < 1.29 is 4.79 Å². The molecule has 1 unspecified atom stereocenters. The van der Waals surface area contributed by atoms with E-state index in [4.69, 9.17) is 0 Å². The van der Waals surface area contributed by atoms with E-state index in [1.807, 2.05) is 14.0 Å². The lowest BCUT2D eigenvalue weighted by Gasteiger charge is -2.21. The molecule has 0 heterocycles. The molecular formula is C27H37N3O. The zero-order chi connectivity index (χ0) is 22.5. The predicted octanol–water partition coefficient (Wildman–Crippen LogP) is 4.86. The van der Waals surface area contributed by atoms with Crippen molar-refractivity contribution in [1.82, 2.24) is 10.6 Å². The first-order valence-corrected chi connectivity index (χ1v) is 11.3. The summed E-state index contributed by atoms with van der Waals surface area (Å²) in [6.45, 7) is 7.44. The fraction of sp³-hybridized carbons (Fsp3) is 0.444. The van der Waals surface area contributed by atoms with E-state index in [0.717, 1.165) is 37.9 Å². The van der Waals surface area contributed by atoms with E-state index in [-0.39, 0.29) is 17.9 Å². The number of benzene rings is 2. The van der Waals surface area contributed by atoms with E-state index in [2.05, 4.69) is 90.2 Å². The number of amides is 1. The minimum absolute atomic E-state index is 0.0908. The summed E-state index contributed by atoms with van der Waals surface area (Å²) in [7, 11) is 1.93. The number of hydrogen-bond donors (Lipinski definition) is 3. The molecule has 2 aromatic carbocycles. The van der Waals surface area contributed by atoms with Crippen LogP contribution < -0.4 is 16.0 Å². The Morgan fingerprint density at radius 2 is 1.58 bits per heavy atom. The molecule has 2 rings (SSSR count). The maximum atomic E-state index is 12.5. The van der Waals surface area contributed by atoms with Crippen molar-refractivity contribution in [2.75, 3.05) is 25.5 Å². The van der Waals surface area contributed by atoms with E-state index in [0.29, 0.717) is 6.54 Å². The van der Waals surface area contributed by atoms with Gasteiger partial charge in [0, 0.05) is 32.2 Å². The first-order chi connectivity index (χ1) is 15.0. The summed E-state index contributed by atoms with van der Waals surface area (Å²) < 4.78 is 0. The van der Waals surface area contributed by atoms with Gasteiger partial charge < -0.3 is 16.0 Å². The van der Waals surface area contributed by atoms with Crippen LogP contribution in [0.5, 0.6) is 0 Å². The average Bonchev–Trinajstić information content (AvgIpc) is 2.79. The molecule has 0 bridgehead atoms. The zero-order valence-corrected chi connectivity index (χ0v) is 19.4. The van der Waals surface area contributed by atoms with Gasteiger partial charge in [-0.2, -0.15) is 0 Å². The van der Waals surface area contributed by atoms with Crippen LogP contribution in [-0.4, -0.2) is 32.1 Å². The maximum Gasteiger partial charge on any atom is 0.237 e. The van der Waals surface area contributed by atoms with Gasteiger partial charge in [0.25, 0.3) is 0 Å². The third-order valence-electron chi connectivity index (χ3n) is 5.39. The van der Waals surface area contributed by atoms with Crippen LogP contribution in [0.15, 0.2) is 48.5 Å². The molecule has 1 amide bonds. The highest BCUT2D eigenvalue weighted by Crippen LogP contribution is 2.22. The normalized spacial score (nSPS) is 11.5. The maximum absolute atomic E-state index is 12.5. The molecule has 0 radical (unpaired) electrons. The van der Waals surface area contributed by atoms with Gasteiger partial charge in [0.1, 0.15) is 0 Å². The summed E-state index contributed by atoms with van der Waals surface area (Å²) in [5.41, 5.74) is 4.91. The second-order valence-electron chi connectivity index (χ2n) is 8.12. The van der Waals surface area contributed by atoms with Gasteiger partial charge in [-0.25, -0.2) is 0 Å². The Kier molecular flexibility index (Phi) is 10.7. The smallest absolute Gasteiger partial charge is 0.237 e. The minimum Gasteiger partial charge on any atom is -0.388 e. The molecule has 0 aliphatic rings. The summed E-state index contributed by atoms with van der Waals surface area (Å²) in [5, 5.41) is 9.56. The topological polar surface area (TPSA) is 53.2 Å². The summed E-state index contributed by atoms with van der Waals surface area (Å²) in [4.78, 5) is 12.5. The SMILES string of the molecule is CC#CCCNC(C(=O)NCCCCc1ccc(-c2ccc(NC)cc2)cc1)C(C)C. The van der Waals surface area contributed by atoms with Crippen LogP contribution in [0.4, 0.5) is 5.69 Å². The zero-order valence-electron chi connectivity index (χ0n) is 19.4. The van der Waals surface area contributed by atoms with Crippen LogP contribution in [-0.2, 0) is 11.2 Å². The first-order valence-electron chi connectivity index (χ1n) is 11.3. The van der Waals surface area contributed by atoms with Crippen molar-refractivity contribution in [3.63, 3.8) is 0 Å². The number of carbonyl (C=O) groups is 1. The summed E-state index contributed by atoms with van der Waals surface area (Å²) in [5.74, 6) is 6.25. The van der Waals surface area contributed by atoms with Crippen LogP contribution in [0.25, 0.3) is 11.1 Å². The molecule has 0 aromatic heterocycles. The Morgan fingerprint density at radius 1 is 0.935 bits per heavy atom. The highest BCUT2D eigenvalue weighted by atomic mass is 16.2. The van der Waals surface area contributed by atoms with Crippen molar-refractivity contribution >= 4 is 11.6 Å². The first kappa shape index (κ1) is 24.5. The molecular weight excluding hydrogens is 382 g/mol. The van der Waals surface area contributed by atoms with Gasteiger partial charge in [-0.15, -0.1) is 11.8 Å². The summed E-state index contributed by atoms with van der Waals surface area (Å²) >= 11 is 0. The Morgan fingerprint density at radius 3 is 2.16 bits per heavy atom. The van der Waals surface area contributed by atoms with Gasteiger partial charge in [-0.3, -0.25) is 4.79 Å². The lowest BCUT2D eigenvalue weighted by Crippen LogP contribution is -2.47. The second kappa shape index (κ2) is 13.5. The van der Waals surface area contributed by atoms with Crippen LogP contribution in [0.3, 0.4) is 0 Å². The Hall–Kier alpha value is -2.77. The molecule has 3 N–H and O–H groups in total. The van der Waals surface area contributed by atoms with Gasteiger partial charge in [-0.1, -0.05) is 50.2 Å². The molecule has 0 spiro atoms. The van der Waals surface area contributed by atoms with Gasteiger partial charge in [-0.05, 0) is 60.9 Å². The molecule has 1 atom stereocenters. The van der Waals surface area contributed by atoms with Gasteiger partial charge in [0.2, 0.25) is 5.91 Å². The van der Waals surface area contributed by atoms with Crippen LogP contribution in [0.1, 0.15) is 45.6 Å². The van der Waals surface area contributed by atoms with E-state index >= 15 is 0 Å². The minimum atomic E-state index is -0.159. The Labute approximate surface area is 188 Å². The van der Waals surface area contributed by atoms with E-state index in [9.17, 15) is 4.79 Å². The quantitative estimate of drug-likeness (QED) is 0.340. The van der Waals surface area contributed by atoms with Crippen molar-refractivity contribution in [2.24, 2.45) is 5.92 Å². The Balaban J connectivity index is 1.71. The number of hydrogen-bond acceptors (Lipinski definition) is 3. The molecule has 4 heteroatoms. The summed E-state index contributed by atoms with van der Waals surface area (Å²) in [6.07, 6.45) is 3.83. The van der Waals surface area contributed by atoms with Crippen molar-refractivity contribution in [3.05, 3.63) is 54.1 Å². The number of nitrogens with one attached hydrogen (secondary N) is 3. The fourth-order valence-electron chi connectivity index (χ4n) is 3.52. The molecule has 0 saturated carbocycles. The molecule has 166 valence electrons. The van der Waals surface area contributed by atoms with Gasteiger partial charge >= 0.3 is 0 Å². The fourth-order valence-corrected chi connectivity index (χ4v) is 3.52. The molecule has 0 fully saturated rings. The number of aryl methyl sites for hydroxylation is 1. The molecule has 0 saturated heterocycles. The lowest BCUT2D eigenvalue weighted by atomic mass is 10.0. The highest BCUT2D eigenvalue weighted by Gasteiger charge is 2.20. The van der Waals surface area contributed by atoms with Crippen LogP contribution in [0.2, 0.25) is 0 Å².